The first-order chi connectivity index (χ1) is 7.20. The highest BCUT2D eigenvalue weighted by atomic mass is 35.5. The van der Waals surface area contributed by atoms with Crippen molar-refractivity contribution in [3.8, 4) is 0 Å². The molecular weight excluding hydrogens is 218 g/mol. The molecule has 15 heavy (non-hydrogen) atoms. The summed E-state index contributed by atoms with van der Waals surface area (Å²) in [6.07, 6.45) is 1.31. The van der Waals surface area contributed by atoms with Crippen LogP contribution in [0.4, 0.5) is 5.82 Å². The molecule has 0 aliphatic carbocycles. The molecule has 1 aromatic heterocycles. The maximum absolute atomic E-state index is 11.2. The molecule has 1 aromatic rings. The van der Waals surface area contributed by atoms with Crippen LogP contribution in [0, 0.1) is 0 Å². The molecule has 84 valence electrons. The Balaban J connectivity index is 2.99. The molecule has 5 N–H and O–H groups in total. The molecule has 0 spiro atoms. The van der Waals surface area contributed by atoms with E-state index in [1.54, 1.807) is 4.90 Å². The zero-order valence-corrected chi connectivity index (χ0v) is 9.00. The van der Waals surface area contributed by atoms with E-state index in [9.17, 15) is 4.79 Å². The van der Waals surface area contributed by atoms with Gasteiger partial charge in [0.1, 0.15) is 5.02 Å². The third-order valence-corrected chi connectivity index (χ3v) is 2.22. The lowest BCUT2D eigenvalue weighted by atomic mass is 10.4. The van der Waals surface area contributed by atoms with Crippen LogP contribution >= 0.6 is 11.6 Å². The molecule has 0 aliphatic rings. The number of halogens is 1. The van der Waals surface area contributed by atoms with Crippen molar-refractivity contribution < 1.29 is 0 Å². The minimum atomic E-state index is -0.360. The van der Waals surface area contributed by atoms with E-state index in [4.69, 9.17) is 23.1 Å². The molecule has 0 atom stereocenters. The highest BCUT2D eigenvalue weighted by Gasteiger charge is 2.12. The first kappa shape index (κ1) is 12.0. The summed E-state index contributed by atoms with van der Waals surface area (Å²) >= 11 is 5.83. The van der Waals surface area contributed by atoms with E-state index in [-0.39, 0.29) is 10.6 Å². The van der Waals surface area contributed by atoms with Gasteiger partial charge in [0.25, 0.3) is 5.56 Å². The van der Waals surface area contributed by atoms with E-state index >= 15 is 0 Å². The SMILES string of the molecule is NCCN(CCN)c1nc[nH]c(=O)c1Cl. The monoisotopic (exact) mass is 231 g/mol. The first-order valence-electron chi connectivity index (χ1n) is 4.59. The largest absolute Gasteiger partial charge is 0.353 e. The third kappa shape index (κ3) is 2.92. The molecule has 0 fully saturated rings. The maximum atomic E-state index is 11.2. The van der Waals surface area contributed by atoms with Gasteiger partial charge in [0.05, 0.1) is 6.33 Å². The minimum absolute atomic E-state index is 0.0689. The number of nitrogens with two attached hydrogens (primary N) is 2. The number of aromatic nitrogens is 2. The van der Waals surface area contributed by atoms with Crippen molar-refractivity contribution in [2.75, 3.05) is 31.1 Å². The molecule has 0 amide bonds. The predicted molar refractivity (Wildman–Crippen MR) is 60.2 cm³/mol. The average molecular weight is 232 g/mol. The van der Waals surface area contributed by atoms with Gasteiger partial charge in [-0.25, -0.2) is 4.98 Å². The van der Waals surface area contributed by atoms with Gasteiger partial charge in [-0.05, 0) is 0 Å². The average Bonchev–Trinajstić information content (AvgIpc) is 2.22. The van der Waals surface area contributed by atoms with Gasteiger partial charge in [-0.15, -0.1) is 0 Å². The Labute approximate surface area is 92.2 Å². The van der Waals surface area contributed by atoms with Crippen LogP contribution in [0.2, 0.25) is 5.02 Å². The van der Waals surface area contributed by atoms with Gasteiger partial charge in [0, 0.05) is 26.2 Å². The maximum Gasteiger partial charge on any atom is 0.271 e. The Morgan fingerprint density at radius 3 is 2.53 bits per heavy atom. The number of rotatable bonds is 5. The Morgan fingerprint density at radius 2 is 2.00 bits per heavy atom. The van der Waals surface area contributed by atoms with E-state index < -0.39 is 0 Å². The Morgan fingerprint density at radius 1 is 1.40 bits per heavy atom. The number of nitrogens with one attached hydrogen (secondary N) is 1. The summed E-state index contributed by atoms with van der Waals surface area (Å²) in [6, 6.07) is 0. The molecule has 0 radical (unpaired) electrons. The van der Waals surface area contributed by atoms with Crippen LogP contribution in [0.5, 0.6) is 0 Å². The molecule has 0 saturated heterocycles. The highest BCUT2D eigenvalue weighted by molar-refractivity contribution is 6.32. The third-order valence-electron chi connectivity index (χ3n) is 1.88. The van der Waals surface area contributed by atoms with Crippen LogP contribution in [0.1, 0.15) is 0 Å². The Bertz CT molecular complexity index is 360. The van der Waals surface area contributed by atoms with Gasteiger partial charge in [0.15, 0.2) is 5.82 Å². The van der Waals surface area contributed by atoms with Crippen LogP contribution in [-0.2, 0) is 0 Å². The van der Waals surface area contributed by atoms with E-state index in [2.05, 4.69) is 9.97 Å². The Hall–Kier alpha value is -1.11. The summed E-state index contributed by atoms with van der Waals surface area (Å²) < 4.78 is 0. The summed E-state index contributed by atoms with van der Waals surface area (Å²) in [7, 11) is 0. The van der Waals surface area contributed by atoms with Crippen LogP contribution in [0.25, 0.3) is 0 Å². The molecule has 0 unspecified atom stereocenters. The Kier molecular flexibility index (Phi) is 4.54. The summed E-state index contributed by atoms with van der Waals surface area (Å²) in [5.41, 5.74) is 10.5. The van der Waals surface area contributed by atoms with Crippen molar-refractivity contribution in [1.29, 1.82) is 0 Å². The summed E-state index contributed by atoms with van der Waals surface area (Å²) in [5, 5.41) is 0.0689. The second-order valence-electron chi connectivity index (χ2n) is 2.93. The fourth-order valence-corrected chi connectivity index (χ4v) is 1.45. The number of aromatic amines is 1. The second-order valence-corrected chi connectivity index (χ2v) is 3.31. The minimum Gasteiger partial charge on any atom is -0.353 e. The smallest absolute Gasteiger partial charge is 0.271 e. The van der Waals surface area contributed by atoms with Crippen LogP contribution in [0.15, 0.2) is 11.1 Å². The normalized spacial score (nSPS) is 10.3. The number of nitrogens with zero attached hydrogens (tertiary/aromatic N) is 2. The summed E-state index contributed by atoms with van der Waals surface area (Å²) in [6.45, 7) is 2.02. The lowest BCUT2D eigenvalue weighted by Gasteiger charge is -2.22. The van der Waals surface area contributed by atoms with Gasteiger partial charge in [-0.2, -0.15) is 0 Å². The standard InChI is InChI=1S/C8H14ClN5O/c9-6-7(12-5-13-8(6)15)14(3-1-10)4-2-11/h5H,1-4,10-11H2,(H,12,13,15). The van der Waals surface area contributed by atoms with Gasteiger partial charge in [-0.3, -0.25) is 4.79 Å². The predicted octanol–water partition coefficient (Wildman–Crippen LogP) is -0.853. The summed E-state index contributed by atoms with van der Waals surface area (Å²) in [5.74, 6) is 0.427. The van der Waals surface area contributed by atoms with Crippen molar-refractivity contribution in [2.24, 2.45) is 11.5 Å². The van der Waals surface area contributed by atoms with Crippen molar-refractivity contribution in [3.63, 3.8) is 0 Å². The molecule has 7 heteroatoms. The first-order valence-corrected chi connectivity index (χ1v) is 4.96. The molecule has 0 aliphatic heterocycles. The van der Waals surface area contributed by atoms with E-state index in [1.165, 1.54) is 6.33 Å². The van der Waals surface area contributed by atoms with Crippen LogP contribution in [-0.4, -0.2) is 36.1 Å². The quantitative estimate of drug-likeness (QED) is 0.613. The van der Waals surface area contributed by atoms with Crippen molar-refractivity contribution in [3.05, 3.63) is 21.7 Å². The fourth-order valence-electron chi connectivity index (χ4n) is 1.23. The molecular formula is C8H14ClN5O. The fraction of sp³-hybridized carbons (Fsp3) is 0.500. The van der Waals surface area contributed by atoms with Gasteiger partial charge < -0.3 is 21.4 Å². The van der Waals surface area contributed by atoms with Crippen molar-refractivity contribution >= 4 is 17.4 Å². The molecule has 6 nitrogen and oxygen atoms in total. The number of hydrogen-bond donors (Lipinski definition) is 3. The lowest BCUT2D eigenvalue weighted by molar-refractivity contribution is 0.766. The zero-order chi connectivity index (χ0) is 11.3. The van der Waals surface area contributed by atoms with E-state index in [1.807, 2.05) is 0 Å². The second kappa shape index (κ2) is 5.69. The number of H-pyrrole nitrogens is 1. The van der Waals surface area contributed by atoms with Gasteiger partial charge in [-0.1, -0.05) is 11.6 Å². The topological polar surface area (TPSA) is 101 Å². The van der Waals surface area contributed by atoms with Crippen LogP contribution < -0.4 is 21.9 Å². The lowest BCUT2D eigenvalue weighted by Crippen LogP contribution is -2.35. The molecule has 1 rings (SSSR count). The molecule has 1 heterocycles. The number of anilines is 1. The summed E-state index contributed by atoms with van der Waals surface area (Å²) in [4.78, 5) is 19.4. The van der Waals surface area contributed by atoms with Crippen molar-refractivity contribution in [1.82, 2.24) is 9.97 Å². The molecule has 0 bridgehead atoms. The van der Waals surface area contributed by atoms with Crippen molar-refractivity contribution in [2.45, 2.75) is 0 Å². The molecule has 0 aromatic carbocycles. The van der Waals surface area contributed by atoms with E-state index in [0.29, 0.717) is 32.0 Å². The van der Waals surface area contributed by atoms with Gasteiger partial charge >= 0.3 is 0 Å². The van der Waals surface area contributed by atoms with Gasteiger partial charge in [0.2, 0.25) is 0 Å². The highest BCUT2D eigenvalue weighted by Crippen LogP contribution is 2.16. The zero-order valence-electron chi connectivity index (χ0n) is 8.24. The molecule has 0 saturated carbocycles. The van der Waals surface area contributed by atoms with E-state index in [0.717, 1.165) is 0 Å². The number of hydrogen-bond acceptors (Lipinski definition) is 5. The van der Waals surface area contributed by atoms with Crippen LogP contribution in [0.3, 0.4) is 0 Å².